The lowest BCUT2D eigenvalue weighted by molar-refractivity contribution is 0.112. The fraction of sp³-hybridized carbons (Fsp3) is 0.267. The number of methoxy groups -OCH3 is 1. The highest BCUT2D eigenvalue weighted by molar-refractivity contribution is 5.89. The number of hydrogen-bond donors (Lipinski definition) is 0. The van der Waals surface area contributed by atoms with E-state index in [2.05, 4.69) is 19.9 Å². The number of allylic oxidation sites excluding steroid dienone is 4. The first-order valence-corrected chi connectivity index (χ1v) is 5.66. The highest BCUT2D eigenvalue weighted by Gasteiger charge is 2.15. The van der Waals surface area contributed by atoms with Crippen LogP contribution < -0.4 is 4.74 Å². The zero-order chi connectivity index (χ0) is 12.4. The van der Waals surface area contributed by atoms with Gasteiger partial charge in [-0.3, -0.25) is 4.79 Å². The lowest BCUT2D eigenvalue weighted by atomic mass is 9.96. The molecule has 0 unspecified atom stereocenters. The molecule has 0 aromatic heterocycles. The van der Waals surface area contributed by atoms with Gasteiger partial charge in [0.25, 0.3) is 0 Å². The minimum absolute atomic E-state index is 0.696. The summed E-state index contributed by atoms with van der Waals surface area (Å²) in [5, 5.41) is 0. The zero-order valence-corrected chi connectivity index (χ0v) is 10.4. The predicted octanol–water partition coefficient (Wildman–Crippen LogP) is 3.63. The Bertz CT molecular complexity index is 522. The second-order valence-electron chi connectivity index (χ2n) is 4.40. The van der Waals surface area contributed by atoms with Crippen LogP contribution in [0.5, 0.6) is 5.75 Å². The fourth-order valence-electron chi connectivity index (χ4n) is 2.27. The van der Waals surface area contributed by atoms with Crippen LogP contribution in [0.15, 0.2) is 35.4 Å². The van der Waals surface area contributed by atoms with E-state index >= 15 is 0 Å². The van der Waals surface area contributed by atoms with Gasteiger partial charge < -0.3 is 4.74 Å². The molecule has 2 nitrogen and oxygen atoms in total. The SMILES string of the molecule is COc1ccc(C2=C(C)C=C(C)C2)c(C=O)c1. The van der Waals surface area contributed by atoms with Crippen molar-refractivity contribution in [3.63, 3.8) is 0 Å². The van der Waals surface area contributed by atoms with Gasteiger partial charge in [0.15, 0.2) is 6.29 Å². The molecule has 0 radical (unpaired) electrons. The van der Waals surface area contributed by atoms with Gasteiger partial charge in [0, 0.05) is 5.56 Å². The largest absolute Gasteiger partial charge is 0.497 e. The number of carbonyl (C=O) groups is 1. The third kappa shape index (κ3) is 2.16. The molecule has 0 spiro atoms. The summed E-state index contributed by atoms with van der Waals surface area (Å²) in [5.41, 5.74) is 5.54. The molecule has 0 saturated carbocycles. The van der Waals surface area contributed by atoms with Gasteiger partial charge in [0.2, 0.25) is 0 Å². The average Bonchev–Trinajstić information content (AvgIpc) is 2.67. The van der Waals surface area contributed by atoms with E-state index in [1.54, 1.807) is 13.2 Å². The van der Waals surface area contributed by atoms with Crippen LogP contribution in [0.1, 0.15) is 36.2 Å². The molecule has 0 atom stereocenters. The third-order valence-corrected chi connectivity index (χ3v) is 3.11. The summed E-state index contributed by atoms with van der Waals surface area (Å²) in [6.07, 6.45) is 4.00. The highest BCUT2D eigenvalue weighted by Crippen LogP contribution is 2.35. The van der Waals surface area contributed by atoms with Gasteiger partial charge in [-0.2, -0.15) is 0 Å². The minimum atomic E-state index is 0.696. The summed E-state index contributed by atoms with van der Waals surface area (Å²) in [4.78, 5) is 11.1. The Hall–Kier alpha value is -1.83. The van der Waals surface area contributed by atoms with Gasteiger partial charge in [0.05, 0.1) is 7.11 Å². The summed E-state index contributed by atoms with van der Waals surface area (Å²) in [6, 6.07) is 5.65. The van der Waals surface area contributed by atoms with Crippen molar-refractivity contribution in [1.29, 1.82) is 0 Å². The van der Waals surface area contributed by atoms with Crippen molar-refractivity contribution in [3.05, 3.63) is 46.5 Å². The van der Waals surface area contributed by atoms with Gasteiger partial charge >= 0.3 is 0 Å². The van der Waals surface area contributed by atoms with Crippen LogP contribution in [0.4, 0.5) is 0 Å². The van der Waals surface area contributed by atoms with Gasteiger partial charge in [-0.1, -0.05) is 17.7 Å². The predicted molar refractivity (Wildman–Crippen MR) is 69.3 cm³/mol. The monoisotopic (exact) mass is 228 g/mol. The zero-order valence-electron chi connectivity index (χ0n) is 10.4. The molecule has 1 aromatic carbocycles. The summed E-state index contributed by atoms with van der Waals surface area (Å²) in [5.74, 6) is 0.719. The molecule has 0 N–H and O–H groups in total. The lowest BCUT2D eigenvalue weighted by Gasteiger charge is -2.10. The Balaban J connectivity index is 2.47. The maximum atomic E-state index is 11.1. The van der Waals surface area contributed by atoms with Crippen molar-refractivity contribution >= 4 is 11.9 Å². The van der Waals surface area contributed by atoms with E-state index in [1.807, 2.05) is 12.1 Å². The third-order valence-electron chi connectivity index (χ3n) is 3.11. The molecule has 1 aliphatic carbocycles. The average molecular weight is 228 g/mol. The summed E-state index contributed by atoms with van der Waals surface area (Å²) in [6.45, 7) is 4.20. The van der Waals surface area contributed by atoms with Crippen LogP contribution in [0.2, 0.25) is 0 Å². The molecule has 88 valence electrons. The van der Waals surface area contributed by atoms with Gasteiger partial charge in [-0.15, -0.1) is 0 Å². The standard InChI is InChI=1S/C15H16O2/c1-10-6-11(2)15(7-10)14-5-4-13(17-3)8-12(14)9-16/h4-6,8-9H,7H2,1-3H3. The van der Waals surface area contributed by atoms with Crippen LogP contribution in [0, 0.1) is 0 Å². The Kier molecular flexibility index (Phi) is 3.14. The molecular weight excluding hydrogens is 212 g/mol. The summed E-state index contributed by atoms with van der Waals surface area (Å²) >= 11 is 0. The molecule has 2 rings (SSSR count). The molecule has 1 aliphatic rings. The lowest BCUT2D eigenvalue weighted by Crippen LogP contribution is -1.94. The first-order chi connectivity index (χ1) is 8.15. The van der Waals surface area contributed by atoms with E-state index < -0.39 is 0 Å². The Morgan fingerprint density at radius 2 is 2.06 bits per heavy atom. The highest BCUT2D eigenvalue weighted by atomic mass is 16.5. The maximum absolute atomic E-state index is 11.1. The number of hydrogen-bond acceptors (Lipinski definition) is 2. The Labute approximate surface area is 102 Å². The molecule has 0 aliphatic heterocycles. The first kappa shape index (κ1) is 11.6. The van der Waals surface area contributed by atoms with Gasteiger partial charge in [-0.05, 0) is 49.1 Å². The smallest absolute Gasteiger partial charge is 0.150 e. The van der Waals surface area contributed by atoms with E-state index in [1.165, 1.54) is 16.7 Å². The van der Waals surface area contributed by atoms with Crippen molar-refractivity contribution in [1.82, 2.24) is 0 Å². The molecule has 1 aromatic rings. The molecule has 0 bridgehead atoms. The number of carbonyl (C=O) groups excluding carboxylic acids is 1. The second-order valence-corrected chi connectivity index (χ2v) is 4.40. The van der Waals surface area contributed by atoms with Gasteiger partial charge in [0.1, 0.15) is 5.75 Å². The van der Waals surface area contributed by atoms with Gasteiger partial charge in [-0.25, -0.2) is 0 Å². The van der Waals surface area contributed by atoms with Crippen LogP contribution in [0.3, 0.4) is 0 Å². The Morgan fingerprint density at radius 3 is 2.59 bits per heavy atom. The van der Waals surface area contributed by atoms with Crippen LogP contribution in [-0.4, -0.2) is 13.4 Å². The molecule has 2 heteroatoms. The van der Waals surface area contributed by atoms with Crippen molar-refractivity contribution in [3.8, 4) is 5.75 Å². The molecular formula is C15H16O2. The molecule has 0 amide bonds. The minimum Gasteiger partial charge on any atom is -0.497 e. The van der Waals surface area contributed by atoms with E-state index in [0.717, 1.165) is 24.0 Å². The first-order valence-electron chi connectivity index (χ1n) is 5.66. The number of benzene rings is 1. The van der Waals surface area contributed by atoms with Crippen LogP contribution in [-0.2, 0) is 0 Å². The molecule has 0 heterocycles. The van der Waals surface area contributed by atoms with Crippen molar-refractivity contribution < 1.29 is 9.53 Å². The number of rotatable bonds is 3. The molecule has 0 fully saturated rings. The summed E-state index contributed by atoms with van der Waals surface area (Å²) < 4.78 is 5.13. The molecule has 17 heavy (non-hydrogen) atoms. The maximum Gasteiger partial charge on any atom is 0.150 e. The van der Waals surface area contributed by atoms with E-state index in [4.69, 9.17) is 4.74 Å². The second kappa shape index (κ2) is 4.58. The van der Waals surface area contributed by atoms with E-state index in [9.17, 15) is 4.79 Å². The number of ether oxygens (including phenoxy) is 1. The van der Waals surface area contributed by atoms with E-state index in [-0.39, 0.29) is 0 Å². The van der Waals surface area contributed by atoms with Crippen molar-refractivity contribution in [2.45, 2.75) is 20.3 Å². The van der Waals surface area contributed by atoms with Crippen LogP contribution >= 0.6 is 0 Å². The quantitative estimate of drug-likeness (QED) is 0.738. The Morgan fingerprint density at radius 1 is 1.29 bits per heavy atom. The van der Waals surface area contributed by atoms with Crippen molar-refractivity contribution in [2.24, 2.45) is 0 Å². The fourth-order valence-corrected chi connectivity index (χ4v) is 2.27. The molecule has 0 saturated heterocycles. The van der Waals surface area contributed by atoms with Crippen molar-refractivity contribution in [2.75, 3.05) is 7.11 Å². The normalized spacial score (nSPS) is 14.9. The van der Waals surface area contributed by atoms with E-state index in [0.29, 0.717) is 5.56 Å². The topological polar surface area (TPSA) is 26.3 Å². The van der Waals surface area contributed by atoms with Crippen LogP contribution in [0.25, 0.3) is 5.57 Å². The number of aldehydes is 1. The summed E-state index contributed by atoms with van der Waals surface area (Å²) in [7, 11) is 1.61.